The monoisotopic (exact) mass is 370 g/mol. The minimum atomic E-state index is -0.923. The highest BCUT2D eigenvalue weighted by atomic mass is 16.6. The molecule has 0 spiro atoms. The Morgan fingerprint density at radius 1 is 0.654 bits per heavy atom. The number of hydrogen-bond acceptors (Lipinski definition) is 3. The summed E-state index contributed by atoms with van der Waals surface area (Å²) in [6.45, 7) is 4.08. The normalized spacial score (nSPS) is 12.3. The lowest BCUT2D eigenvalue weighted by molar-refractivity contribution is -0.168. The number of unbranched alkanes of at least 4 members (excludes halogenated alkanes) is 16. The van der Waals surface area contributed by atoms with Crippen LogP contribution in [0.1, 0.15) is 136 Å². The van der Waals surface area contributed by atoms with Crippen molar-refractivity contribution < 1.29 is 14.6 Å². The highest BCUT2D eigenvalue weighted by Crippen LogP contribution is 2.14. The van der Waals surface area contributed by atoms with Crippen LogP contribution in [0.3, 0.4) is 0 Å². The number of carbonyl (C=O) groups is 1. The standard InChI is InChI=1S/C23H46O3/c1-3-5-6-7-8-9-10-11-12-13-14-15-16-17-18-19-20-21-23(25)26-22(24)4-2/h22,24H,3-21H2,1-2H3. The summed E-state index contributed by atoms with van der Waals surface area (Å²) in [5.41, 5.74) is 0. The minimum absolute atomic E-state index is 0.264. The van der Waals surface area contributed by atoms with E-state index in [-0.39, 0.29) is 5.97 Å². The van der Waals surface area contributed by atoms with Gasteiger partial charge in [0.2, 0.25) is 0 Å². The van der Waals surface area contributed by atoms with Gasteiger partial charge in [0, 0.05) is 12.8 Å². The summed E-state index contributed by atoms with van der Waals surface area (Å²) in [6.07, 6.45) is 22.7. The molecule has 0 radical (unpaired) electrons. The number of carbonyl (C=O) groups excluding carboxylic acids is 1. The Morgan fingerprint density at radius 2 is 1.00 bits per heavy atom. The third-order valence-corrected chi connectivity index (χ3v) is 5.10. The van der Waals surface area contributed by atoms with E-state index in [0.29, 0.717) is 12.8 Å². The zero-order chi connectivity index (χ0) is 19.3. The lowest BCUT2D eigenvalue weighted by Crippen LogP contribution is -2.16. The van der Waals surface area contributed by atoms with Crippen LogP contribution in [0.4, 0.5) is 0 Å². The molecule has 0 aromatic rings. The molecule has 1 atom stereocenters. The van der Waals surface area contributed by atoms with Crippen molar-refractivity contribution in [3.05, 3.63) is 0 Å². The van der Waals surface area contributed by atoms with E-state index in [1.54, 1.807) is 6.92 Å². The Balaban J connectivity index is 3.10. The van der Waals surface area contributed by atoms with Crippen LogP contribution in [-0.2, 0) is 9.53 Å². The van der Waals surface area contributed by atoms with Crippen molar-refractivity contribution in [2.75, 3.05) is 0 Å². The van der Waals surface area contributed by atoms with E-state index in [4.69, 9.17) is 4.74 Å². The van der Waals surface area contributed by atoms with E-state index in [0.717, 1.165) is 12.8 Å². The van der Waals surface area contributed by atoms with Crippen LogP contribution >= 0.6 is 0 Å². The number of rotatable bonds is 20. The summed E-state index contributed by atoms with van der Waals surface area (Å²) in [5, 5.41) is 9.23. The predicted octanol–water partition coefficient (Wildman–Crippen LogP) is 7.30. The summed E-state index contributed by atoms with van der Waals surface area (Å²) < 4.78 is 4.85. The molecule has 0 aliphatic heterocycles. The quantitative estimate of drug-likeness (QED) is 0.139. The molecule has 1 unspecified atom stereocenters. The van der Waals surface area contributed by atoms with Crippen LogP contribution in [0.2, 0.25) is 0 Å². The SMILES string of the molecule is CCCCCCCCCCCCCCCCCCCC(=O)OC(O)CC. The fraction of sp³-hybridized carbons (Fsp3) is 0.957. The van der Waals surface area contributed by atoms with Crippen LogP contribution in [0.5, 0.6) is 0 Å². The van der Waals surface area contributed by atoms with Gasteiger partial charge in [-0.05, 0) is 6.42 Å². The van der Waals surface area contributed by atoms with E-state index >= 15 is 0 Å². The van der Waals surface area contributed by atoms with Crippen LogP contribution in [-0.4, -0.2) is 17.4 Å². The lowest BCUT2D eigenvalue weighted by atomic mass is 10.0. The fourth-order valence-corrected chi connectivity index (χ4v) is 3.29. The number of ether oxygens (including phenoxy) is 1. The van der Waals surface area contributed by atoms with Gasteiger partial charge >= 0.3 is 5.97 Å². The van der Waals surface area contributed by atoms with E-state index < -0.39 is 6.29 Å². The largest absolute Gasteiger partial charge is 0.436 e. The van der Waals surface area contributed by atoms with Crippen molar-refractivity contribution in [3.8, 4) is 0 Å². The molecular formula is C23H46O3. The molecule has 156 valence electrons. The zero-order valence-corrected chi connectivity index (χ0v) is 17.8. The van der Waals surface area contributed by atoms with E-state index in [9.17, 15) is 9.90 Å². The molecule has 0 aliphatic rings. The summed E-state index contributed by atoms with van der Waals surface area (Å²) >= 11 is 0. The van der Waals surface area contributed by atoms with Crippen molar-refractivity contribution in [2.45, 2.75) is 142 Å². The van der Waals surface area contributed by atoms with Crippen molar-refractivity contribution in [2.24, 2.45) is 0 Å². The van der Waals surface area contributed by atoms with Gasteiger partial charge in [0.1, 0.15) is 0 Å². The Morgan fingerprint density at radius 3 is 1.35 bits per heavy atom. The highest BCUT2D eigenvalue weighted by Gasteiger charge is 2.07. The molecule has 0 bridgehead atoms. The minimum Gasteiger partial charge on any atom is -0.436 e. The van der Waals surface area contributed by atoms with Gasteiger partial charge in [-0.15, -0.1) is 0 Å². The molecule has 26 heavy (non-hydrogen) atoms. The van der Waals surface area contributed by atoms with Gasteiger partial charge in [-0.25, -0.2) is 0 Å². The first kappa shape index (κ1) is 25.4. The van der Waals surface area contributed by atoms with Crippen LogP contribution in [0.25, 0.3) is 0 Å². The maximum absolute atomic E-state index is 11.4. The second-order valence-corrected chi connectivity index (χ2v) is 7.76. The van der Waals surface area contributed by atoms with Crippen LogP contribution < -0.4 is 0 Å². The van der Waals surface area contributed by atoms with Gasteiger partial charge in [-0.1, -0.05) is 117 Å². The van der Waals surface area contributed by atoms with E-state index in [1.807, 2.05) is 0 Å². The lowest BCUT2D eigenvalue weighted by Gasteiger charge is -2.09. The molecule has 0 saturated heterocycles. The molecule has 0 heterocycles. The molecule has 0 fully saturated rings. The summed E-state index contributed by atoms with van der Waals surface area (Å²) in [6, 6.07) is 0. The molecule has 0 rings (SSSR count). The van der Waals surface area contributed by atoms with E-state index in [2.05, 4.69) is 6.92 Å². The predicted molar refractivity (Wildman–Crippen MR) is 111 cm³/mol. The number of esters is 1. The number of aliphatic hydroxyl groups excluding tert-OH is 1. The van der Waals surface area contributed by atoms with Gasteiger partial charge in [0.15, 0.2) is 6.29 Å². The van der Waals surface area contributed by atoms with Gasteiger partial charge in [-0.3, -0.25) is 4.79 Å². The molecule has 3 heteroatoms. The first-order chi connectivity index (χ1) is 12.7. The van der Waals surface area contributed by atoms with Crippen molar-refractivity contribution in [1.82, 2.24) is 0 Å². The second-order valence-electron chi connectivity index (χ2n) is 7.76. The Labute approximate surface area is 163 Å². The highest BCUT2D eigenvalue weighted by molar-refractivity contribution is 5.69. The topological polar surface area (TPSA) is 46.5 Å². The molecule has 3 nitrogen and oxygen atoms in total. The fourth-order valence-electron chi connectivity index (χ4n) is 3.29. The molecule has 0 aliphatic carbocycles. The van der Waals surface area contributed by atoms with Crippen LogP contribution in [0.15, 0.2) is 0 Å². The average Bonchev–Trinajstić information content (AvgIpc) is 2.64. The summed E-state index contributed by atoms with van der Waals surface area (Å²) in [5.74, 6) is -0.264. The third-order valence-electron chi connectivity index (χ3n) is 5.10. The smallest absolute Gasteiger partial charge is 0.308 e. The molecule has 0 aromatic heterocycles. The summed E-state index contributed by atoms with van der Waals surface area (Å²) in [7, 11) is 0. The Kier molecular flexibility index (Phi) is 20.3. The molecule has 1 N–H and O–H groups in total. The van der Waals surface area contributed by atoms with Gasteiger partial charge in [0.05, 0.1) is 0 Å². The first-order valence-corrected chi connectivity index (χ1v) is 11.6. The van der Waals surface area contributed by atoms with Gasteiger partial charge in [0.25, 0.3) is 0 Å². The molecule has 0 saturated carbocycles. The van der Waals surface area contributed by atoms with Crippen molar-refractivity contribution in [3.63, 3.8) is 0 Å². The number of aliphatic hydroxyl groups is 1. The molecule has 0 amide bonds. The zero-order valence-electron chi connectivity index (χ0n) is 17.8. The summed E-state index contributed by atoms with van der Waals surface area (Å²) in [4.78, 5) is 11.4. The van der Waals surface area contributed by atoms with E-state index in [1.165, 1.54) is 96.3 Å². The van der Waals surface area contributed by atoms with Crippen molar-refractivity contribution in [1.29, 1.82) is 0 Å². The first-order valence-electron chi connectivity index (χ1n) is 11.6. The Hall–Kier alpha value is -0.570. The van der Waals surface area contributed by atoms with Gasteiger partial charge < -0.3 is 9.84 Å². The maximum atomic E-state index is 11.4. The van der Waals surface area contributed by atoms with Gasteiger partial charge in [-0.2, -0.15) is 0 Å². The average molecular weight is 371 g/mol. The second kappa shape index (κ2) is 20.7. The van der Waals surface area contributed by atoms with Crippen LogP contribution in [0, 0.1) is 0 Å². The Bertz CT molecular complexity index is 291. The molecule has 0 aromatic carbocycles. The molecular weight excluding hydrogens is 324 g/mol. The maximum Gasteiger partial charge on any atom is 0.308 e. The third kappa shape index (κ3) is 19.8. The van der Waals surface area contributed by atoms with Crippen molar-refractivity contribution >= 4 is 5.97 Å². The number of hydrogen-bond donors (Lipinski definition) is 1.